The second kappa shape index (κ2) is 5.55. The lowest BCUT2D eigenvalue weighted by atomic mass is 9.96. The monoisotopic (exact) mass is 292 g/mol. The maximum Gasteiger partial charge on any atom is 0.101 e. The maximum atomic E-state index is 9.22. The first kappa shape index (κ1) is 13.6. The standard InChI is InChI=1S/C18H13ClN2/c1-12-7-13(10-19)9-15(8-12)16-5-4-14(11-20)18-17(16)3-2-6-21-18/h2-9H,10H2,1H3. The van der Waals surface area contributed by atoms with Crippen LogP contribution in [-0.2, 0) is 5.88 Å². The minimum Gasteiger partial charge on any atom is -0.255 e. The SMILES string of the molecule is Cc1cc(CCl)cc(-c2ccc(C#N)c3ncccc23)c1. The zero-order chi connectivity index (χ0) is 14.8. The van der Waals surface area contributed by atoms with Crippen LogP contribution in [0.25, 0.3) is 22.0 Å². The van der Waals surface area contributed by atoms with E-state index in [-0.39, 0.29) is 0 Å². The number of benzene rings is 2. The minimum atomic E-state index is 0.487. The molecule has 2 nitrogen and oxygen atoms in total. The van der Waals surface area contributed by atoms with Gasteiger partial charge in [-0.25, -0.2) is 0 Å². The van der Waals surface area contributed by atoms with Gasteiger partial charge in [0.1, 0.15) is 6.07 Å². The number of fused-ring (bicyclic) bond motifs is 1. The third-order valence-electron chi connectivity index (χ3n) is 3.49. The Labute approximate surface area is 128 Å². The van der Waals surface area contributed by atoms with E-state index in [1.54, 1.807) is 6.20 Å². The van der Waals surface area contributed by atoms with Gasteiger partial charge in [0.25, 0.3) is 0 Å². The average Bonchev–Trinajstić information content (AvgIpc) is 2.53. The van der Waals surface area contributed by atoms with Crippen LogP contribution < -0.4 is 0 Å². The van der Waals surface area contributed by atoms with Crippen molar-refractivity contribution in [1.29, 1.82) is 5.26 Å². The molecule has 0 atom stereocenters. The Bertz CT molecular complexity index is 863. The van der Waals surface area contributed by atoms with Gasteiger partial charge in [0, 0.05) is 17.5 Å². The van der Waals surface area contributed by atoms with Crippen LogP contribution in [0.1, 0.15) is 16.7 Å². The van der Waals surface area contributed by atoms with Gasteiger partial charge in [-0.05, 0) is 41.8 Å². The predicted molar refractivity (Wildman–Crippen MR) is 86.2 cm³/mol. The third-order valence-corrected chi connectivity index (χ3v) is 3.80. The maximum absolute atomic E-state index is 9.22. The van der Waals surface area contributed by atoms with Crippen LogP contribution in [0.3, 0.4) is 0 Å². The molecule has 0 radical (unpaired) electrons. The molecule has 0 bridgehead atoms. The van der Waals surface area contributed by atoms with E-state index in [9.17, 15) is 5.26 Å². The molecule has 21 heavy (non-hydrogen) atoms. The summed E-state index contributed by atoms with van der Waals surface area (Å²) in [6, 6.07) is 16.2. The van der Waals surface area contributed by atoms with E-state index in [0.717, 1.165) is 27.6 Å². The molecule has 0 aliphatic heterocycles. The Morgan fingerprint density at radius 2 is 2.05 bits per heavy atom. The highest BCUT2D eigenvalue weighted by molar-refractivity contribution is 6.17. The fourth-order valence-electron chi connectivity index (χ4n) is 2.61. The van der Waals surface area contributed by atoms with Crippen molar-refractivity contribution in [2.45, 2.75) is 12.8 Å². The Hall–Kier alpha value is -2.37. The van der Waals surface area contributed by atoms with Gasteiger partial charge in [0.2, 0.25) is 0 Å². The lowest BCUT2D eigenvalue weighted by Gasteiger charge is -2.10. The van der Waals surface area contributed by atoms with Crippen molar-refractivity contribution >= 4 is 22.5 Å². The van der Waals surface area contributed by atoms with E-state index in [1.807, 2.05) is 24.3 Å². The number of hydrogen-bond donors (Lipinski definition) is 0. The van der Waals surface area contributed by atoms with Crippen molar-refractivity contribution in [2.24, 2.45) is 0 Å². The summed E-state index contributed by atoms with van der Waals surface area (Å²) in [4.78, 5) is 4.35. The third kappa shape index (κ3) is 2.49. The summed E-state index contributed by atoms with van der Waals surface area (Å²) < 4.78 is 0. The quantitative estimate of drug-likeness (QED) is 0.635. The highest BCUT2D eigenvalue weighted by Crippen LogP contribution is 2.31. The van der Waals surface area contributed by atoms with Crippen molar-refractivity contribution in [3.63, 3.8) is 0 Å². The topological polar surface area (TPSA) is 36.7 Å². The zero-order valence-electron chi connectivity index (χ0n) is 11.6. The fraction of sp³-hybridized carbons (Fsp3) is 0.111. The number of aryl methyl sites for hydroxylation is 1. The lowest BCUT2D eigenvalue weighted by molar-refractivity contribution is 1.34. The number of alkyl halides is 1. The van der Waals surface area contributed by atoms with Gasteiger partial charge in [0.05, 0.1) is 11.1 Å². The van der Waals surface area contributed by atoms with Gasteiger partial charge in [-0.1, -0.05) is 29.8 Å². The minimum absolute atomic E-state index is 0.487. The molecule has 0 saturated heterocycles. The Morgan fingerprint density at radius 3 is 2.81 bits per heavy atom. The van der Waals surface area contributed by atoms with E-state index in [4.69, 9.17) is 11.6 Å². The van der Waals surface area contributed by atoms with Gasteiger partial charge in [0.15, 0.2) is 0 Å². The average molecular weight is 293 g/mol. The Morgan fingerprint density at radius 1 is 1.19 bits per heavy atom. The normalized spacial score (nSPS) is 10.5. The largest absolute Gasteiger partial charge is 0.255 e. The molecule has 2 aromatic carbocycles. The van der Waals surface area contributed by atoms with E-state index >= 15 is 0 Å². The first-order chi connectivity index (χ1) is 10.2. The number of aromatic nitrogens is 1. The van der Waals surface area contributed by atoms with Crippen molar-refractivity contribution in [3.8, 4) is 17.2 Å². The number of nitriles is 1. The number of hydrogen-bond acceptors (Lipinski definition) is 2. The van der Waals surface area contributed by atoms with Crippen molar-refractivity contribution in [3.05, 3.63) is 65.4 Å². The molecule has 0 amide bonds. The van der Waals surface area contributed by atoms with Gasteiger partial charge >= 0.3 is 0 Å². The highest BCUT2D eigenvalue weighted by Gasteiger charge is 2.09. The van der Waals surface area contributed by atoms with Crippen molar-refractivity contribution in [1.82, 2.24) is 4.98 Å². The Kier molecular flexibility index (Phi) is 3.60. The molecule has 0 aliphatic rings. The molecule has 0 aliphatic carbocycles. The molecule has 3 heteroatoms. The molecule has 0 saturated carbocycles. The molecule has 1 aromatic heterocycles. The van der Waals surface area contributed by atoms with Crippen molar-refractivity contribution in [2.75, 3.05) is 0 Å². The molecule has 0 unspecified atom stereocenters. The van der Waals surface area contributed by atoms with Gasteiger partial charge in [-0.2, -0.15) is 5.26 Å². The molecule has 102 valence electrons. The van der Waals surface area contributed by atoms with Crippen LogP contribution >= 0.6 is 11.6 Å². The number of nitrogens with zero attached hydrogens (tertiary/aromatic N) is 2. The molecular formula is C18H13ClN2. The number of pyridine rings is 1. The molecule has 3 rings (SSSR count). The molecule has 0 N–H and O–H groups in total. The second-order valence-electron chi connectivity index (χ2n) is 5.01. The molecular weight excluding hydrogens is 280 g/mol. The summed E-state index contributed by atoms with van der Waals surface area (Å²) in [5.41, 5.74) is 5.78. The van der Waals surface area contributed by atoms with Crippen LogP contribution in [0, 0.1) is 18.3 Å². The second-order valence-corrected chi connectivity index (χ2v) is 5.28. The predicted octanol–water partition coefficient (Wildman–Crippen LogP) is 4.82. The van der Waals surface area contributed by atoms with Crippen LogP contribution in [0.2, 0.25) is 0 Å². The van der Waals surface area contributed by atoms with E-state index in [2.05, 4.69) is 36.2 Å². The van der Waals surface area contributed by atoms with E-state index < -0.39 is 0 Å². The molecule has 0 fully saturated rings. The highest BCUT2D eigenvalue weighted by atomic mass is 35.5. The molecule has 1 heterocycles. The summed E-state index contributed by atoms with van der Waals surface area (Å²) in [5, 5.41) is 10.2. The fourth-order valence-corrected chi connectivity index (χ4v) is 2.76. The number of halogens is 1. The van der Waals surface area contributed by atoms with Crippen LogP contribution in [0.15, 0.2) is 48.7 Å². The van der Waals surface area contributed by atoms with E-state index in [1.165, 1.54) is 5.56 Å². The van der Waals surface area contributed by atoms with Crippen LogP contribution in [0.4, 0.5) is 0 Å². The van der Waals surface area contributed by atoms with E-state index in [0.29, 0.717) is 11.4 Å². The zero-order valence-corrected chi connectivity index (χ0v) is 12.4. The van der Waals surface area contributed by atoms with Gasteiger partial charge in [-0.15, -0.1) is 11.6 Å². The first-order valence-corrected chi connectivity index (χ1v) is 7.21. The van der Waals surface area contributed by atoms with Crippen molar-refractivity contribution < 1.29 is 0 Å². The first-order valence-electron chi connectivity index (χ1n) is 6.67. The summed E-state index contributed by atoms with van der Waals surface area (Å²) in [5.74, 6) is 0.487. The van der Waals surface area contributed by atoms with Crippen LogP contribution in [-0.4, -0.2) is 4.98 Å². The number of rotatable bonds is 2. The van der Waals surface area contributed by atoms with Gasteiger partial charge < -0.3 is 0 Å². The summed E-state index contributed by atoms with van der Waals surface area (Å²) >= 11 is 5.97. The van der Waals surface area contributed by atoms with Gasteiger partial charge in [-0.3, -0.25) is 4.98 Å². The molecule has 0 spiro atoms. The summed E-state index contributed by atoms with van der Waals surface area (Å²) in [6.45, 7) is 2.06. The lowest BCUT2D eigenvalue weighted by Crippen LogP contribution is -1.90. The van der Waals surface area contributed by atoms with Crippen LogP contribution in [0.5, 0.6) is 0 Å². The Balaban J connectivity index is 2.31. The summed E-state index contributed by atoms with van der Waals surface area (Å²) in [6.07, 6.45) is 1.72. The smallest absolute Gasteiger partial charge is 0.101 e. The summed E-state index contributed by atoms with van der Waals surface area (Å²) in [7, 11) is 0. The molecule has 3 aromatic rings.